The van der Waals surface area contributed by atoms with Crippen molar-refractivity contribution in [3.8, 4) is 0 Å². The minimum absolute atomic E-state index is 0.311. The molecule has 0 aromatic carbocycles. The SMILES string of the molecule is CCCC1CCC(NC(=NC)NCCOCC2CCCO2)CC1. The van der Waals surface area contributed by atoms with Crippen molar-refractivity contribution in [1.29, 1.82) is 0 Å². The molecule has 1 heterocycles. The number of ether oxygens (including phenoxy) is 2. The molecule has 1 aliphatic heterocycles. The average molecular weight is 325 g/mol. The molecular weight excluding hydrogens is 290 g/mol. The number of guanidine groups is 1. The van der Waals surface area contributed by atoms with Gasteiger partial charge in [0.2, 0.25) is 0 Å². The predicted molar refractivity (Wildman–Crippen MR) is 94.9 cm³/mol. The molecular formula is C18H35N3O2. The fraction of sp³-hybridized carbons (Fsp3) is 0.944. The molecule has 0 spiro atoms. The van der Waals surface area contributed by atoms with Crippen LogP contribution in [-0.4, -0.2) is 51.5 Å². The maximum absolute atomic E-state index is 5.67. The molecule has 2 fully saturated rings. The molecule has 0 aromatic rings. The van der Waals surface area contributed by atoms with Gasteiger partial charge in [0.15, 0.2) is 5.96 Å². The molecule has 1 aliphatic carbocycles. The first-order chi connectivity index (χ1) is 11.3. The van der Waals surface area contributed by atoms with Crippen molar-refractivity contribution in [2.45, 2.75) is 70.4 Å². The fourth-order valence-electron chi connectivity index (χ4n) is 3.62. The Morgan fingerprint density at radius 1 is 1.22 bits per heavy atom. The summed E-state index contributed by atoms with van der Waals surface area (Å²) in [6, 6.07) is 0.571. The van der Waals surface area contributed by atoms with E-state index in [0.29, 0.717) is 18.8 Å². The molecule has 0 aromatic heterocycles. The Labute approximate surface area is 141 Å². The highest BCUT2D eigenvalue weighted by Gasteiger charge is 2.21. The summed E-state index contributed by atoms with van der Waals surface area (Å²) in [5.74, 6) is 1.85. The molecule has 1 unspecified atom stereocenters. The summed E-state index contributed by atoms with van der Waals surface area (Å²) in [4.78, 5) is 4.33. The second-order valence-electron chi connectivity index (χ2n) is 6.86. The van der Waals surface area contributed by atoms with E-state index in [4.69, 9.17) is 9.47 Å². The van der Waals surface area contributed by atoms with Gasteiger partial charge in [0.25, 0.3) is 0 Å². The van der Waals surface area contributed by atoms with Crippen LogP contribution in [0.25, 0.3) is 0 Å². The molecule has 1 saturated carbocycles. The molecule has 23 heavy (non-hydrogen) atoms. The standard InChI is InChI=1S/C18H35N3O2/c1-3-5-15-7-9-16(10-8-15)21-18(19-2)20-11-13-22-14-17-6-4-12-23-17/h15-17H,3-14H2,1-2H3,(H2,19,20,21). The van der Waals surface area contributed by atoms with E-state index in [9.17, 15) is 0 Å². The van der Waals surface area contributed by atoms with Crippen LogP contribution >= 0.6 is 0 Å². The van der Waals surface area contributed by atoms with Gasteiger partial charge in [-0.05, 0) is 44.4 Å². The minimum atomic E-state index is 0.311. The molecule has 5 nitrogen and oxygen atoms in total. The highest BCUT2D eigenvalue weighted by atomic mass is 16.5. The molecule has 5 heteroatoms. The molecule has 0 amide bonds. The monoisotopic (exact) mass is 325 g/mol. The number of hydrogen-bond acceptors (Lipinski definition) is 3. The Morgan fingerprint density at radius 3 is 2.70 bits per heavy atom. The van der Waals surface area contributed by atoms with Crippen LogP contribution in [0.5, 0.6) is 0 Å². The molecule has 134 valence electrons. The minimum Gasteiger partial charge on any atom is -0.377 e. The van der Waals surface area contributed by atoms with Gasteiger partial charge in [-0.2, -0.15) is 0 Å². The maximum Gasteiger partial charge on any atom is 0.191 e. The lowest BCUT2D eigenvalue weighted by molar-refractivity contribution is 0.0191. The van der Waals surface area contributed by atoms with Crippen LogP contribution in [-0.2, 0) is 9.47 Å². The van der Waals surface area contributed by atoms with Gasteiger partial charge in [-0.1, -0.05) is 19.8 Å². The lowest BCUT2D eigenvalue weighted by atomic mass is 9.83. The van der Waals surface area contributed by atoms with Crippen LogP contribution in [0.3, 0.4) is 0 Å². The Bertz CT molecular complexity index is 335. The number of nitrogens with one attached hydrogen (secondary N) is 2. The normalized spacial score (nSPS) is 28.8. The van der Waals surface area contributed by atoms with E-state index in [0.717, 1.165) is 38.1 Å². The summed E-state index contributed by atoms with van der Waals surface area (Å²) in [6.45, 7) is 5.39. The van der Waals surface area contributed by atoms with Crippen molar-refractivity contribution in [2.75, 3.05) is 33.4 Å². The third-order valence-electron chi connectivity index (χ3n) is 4.97. The summed E-state index contributed by atoms with van der Waals surface area (Å²) in [6.07, 6.45) is 10.6. The van der Waals surface area contributed by atoms with Gasteiger partial charge in [-0.3, -0.25) is 4.99 Å². The Morgan fingerprint density at radius 2 is 2.04 bits per heavy atom. The first-order valence-electron chi connectivity index (χ1n) is 9.48. The van der Waals surface area contributed by atoms with Crippen LogP contribution in [0.2, 0.25) is 0 Å². The summed E-state index contributed by atoms with van der Waals surface area (Å²) in [7, 11) is 1.84. The van der Waals surface area contributed by atoms with Gasteiger partial charge < -0.3 is 20.1 Å². The molecule has 2 aliphatic rings. The Hall–Kier alpha value is -0.810. The lowest BCUT2D eigenvalue weighted by Gasteiger charge is -2.30. The third-order valence-corrected chi connectivity index (χ3v) is 4.97. The van der Waals surface area contributed by atoms with E-state index >= 15 is 0 Å². The van der Waals surface area contributed by atoms with Crippen LogP contribution in [0.4, 0.5) is 0 Å². The first-order valence-corrected chi connectivity index (χ1v) is 9.48. The number of aliphatic imine (C=N–C) groups is 1. The highest BCUT2D eigenvalue weighted by molar-refractivity contribution is 5.79. The smallest absolute Gasteiger partial charge is 0.191 e. The highest BCUT2D eigenvalue weighted by Crippen LogP contribution is 2.27. The Balaban J connectivity index is 1.53. The Kier molecular flexibility index (Phi) is 8.76. The number of nitrogens with zero attached hydrogens (tertiary/aromatic N) is 1. The maximum atomic E-state index is 5.67. The van der Waals surface area contributed by atoms with Crippen LogP contribution in [0, 0.1) is 5.92 Å². The van der Waals surface area contributed by atoms with E-state index in [1.165, 1.54) is 44.9 Å². The summed E-state index contributed by atoms with van der Waals surface area (Å²) in [5, 5.41) is 6.91. The second kappa shape index (κ2) is 10.9. The van der Waals surface area contributed by atoms with Gasteiger partial charge >= 0.3 is 0 Å². The molecule has 2 N–H and O–H groups in total. The van der Waals surface area contributed by atoms with Gasteiger partial charge in [-0.25, -0.2) is 0 Å². The molecule has 0 radical (unpaired) electrons. The van der Waals surface area contributed by atoms with Crippen molar-refractivity contribution in [2.24, 2.45) is 10.9 Å². The van der Waals surface area contributed by atoms with E-state index < -0.39 is 0 Å². The fourth-order valence-corrected chi connectivity index (χ4v) is 3.62. The van der Waals surface area contributed by atoms with Gasteiger partial charge in [-0.15, -0.1) is 0 Å². The number of hydrogen-bond donors (Lipinski definition) is 2. The van der Waals surface area contributed by atoms with E-state index in [1.807, 2.05) is 7.05 Å². The van der Waals surface area contributed by atoms with Gasteiger partial charge in [0.05, 0.1) is 19.3 Å². The first kappa shape index (κ1) is 18.5. The molecule has 0 bridgehead atoms. The van der Waals surface area contributed by atoms with Gasteiger partial charge in [0, 0.05) is 26.2 Å². The average Bonchev–Trinajstić information content (AvgIpc) is 3.09. The molecule has 2 rings (SSSR count). The quantitative estimate of drug-likeness (QED) is 0.409. The van der Waals surface area contributed by atoms with Crippen molar-refractivity contribution in [3.05, 3.63) is 0 Å². The van der Waals surface area contributed by atoms with Gasteiger partial charge in [0.1, 0.15) is 0 Å². The summed E-state index contributed by atoms with van der Waals surface area (Å²) >= 11 is 0. The van der Waals surface area contributed by atoms with E-state index in [2.05, 4.69) is 22.5 Å². The van der Waals surface area contributed by atoms with Crippen molar-refractivity contribution in [3.63, 3.8) is 0 Å². The zero-order valence-electron chi connectivity index (χ0n) is 15.0. The van der Waals surface area contributed by atoms with Crippen molar-refractivity contribution < 1.29 is 9.47 Å². The topological polar surface area (TPSA) is 54.9 Å². The van der Waals surface area contributed by atoms with Crippen LogP contribution in [0.15, 0.2) is 4.99 Å². The molecule has 1 atom stereocenters. The lowest BCUT2D eigenvalue weighted by Crippen LogP contribution is -2.45. The number of rotatable bonds is 8. The predicted octanol–water partition coefficient (Wildman–Crippen LogP) is 2.71. The molecule has 1 saturated heterocycles. The van der Waals surface area contributed by atoms with E-state index in [-0.39, 0.29) is 0 Å². The van der Waals surface area contributed by atoms with Crippen molar-refractivity contribution in [1.82, 2.24) is 10.6 Å². The third kappa shape index (κ3) is 7.08. The summed E-state index contributed by atoms with van der Waals surface area (Å²) in [5.41, 5.74) is 0. The zero-order chi connectivity index (χ0) is 16.3. The largest absolute Gasteiger partial charge is 0.377 e. The van der Waals surface area contributed by atoms with Crippen LogP contribution in [0.1, 0.15) is 58.3 Å². The zero-order valence-corrected chi connectivity index (χ0v) is 15.0. The second-order valence-corrected chi connectivity index (χ2v) is 6.86. The van der Waals surface area contributed by atoms with Crippen LogP contribution < -0.4 is 10.6 Å². The summed E-state index contributed by atoms with van der Waals surface area (Å²) < 4.78 is 11.2. The van der Waals surface area contributed by atoms with Crippen molar-refractivity contribution >= 4 is 5.96 Å². The van der Waals surface area contributed by atoms with E-state index in [1.54, 1.807) is 0 Å².